The maximum atomic E-state index is 12.6. The molecule has 0 aliphatic carbocycles. The van der Waals surface area contributed by atoms with Crippen LogP contribution in [0.1, 0.15) is 19.3 Å². The number of piperidine rings is 1. The molecule has 4 rings (SSSR count). The molecule has 2 amide bonds. The van der Waals surface area contributed by atoms with Gasteiger partial charge in [-0.3, -0.25) is 19.7 Å². The first kappa shape index (κ1) is 21.4. The quantitative estimate of drug-likeness (QED) is 0.501. The Morgan fingerprint density at radius 3 is 2.62 bits per heavy atom. The number of benzene rings is 2. The molecule has 0 saturated carbocycles. The third kappa shape index (κ3) is 4.90. The van der Waals surface area contributed by atoms with Gasteiger partial charge in [0, 0.05) is 49.8 Å². The Balaban J connectivity index is 1.21. The molecule has 168 valence electrons. The van der Waals surface area contributed by atoms with E-state index < -0.39 is 4.92 Å². The van der Waals surface area contributed by atoms with Crippen LogP contribution in [0.15, 0.2) is 42.5 Å². The molecule has 10 heteroatoms. The molecule has 2 N–H and O–H groups in total. The highest BCUT2D eigenvalue weighted by atomic mass is 16.7. The van der Waals surface area contributed by atoms with Gasteiger partial charge in [0.15, 0.2) is 11.5 Å². The first-order valence-electron chi connectivity index (χ1n) is 10.5. The summed E-state index contributed by atoms with van der Waals surface area (Å²) in [5.74, 6) is 0.984. The van der Waals surface area contributed by atoms with Gasteiger partial charge < -0.3 is 25.0 Å². The number of hydrogen-bond acceptors (Lipinski definition) is 7. The van der Waals surface area contributed by atoms with Crippen LogP contribution in [-0.2, 0) is 9.59 Å². The van der Waals surface area contributed by atoms with Crippen molar-refractivity contribution in [2.45, 2.75) is 19.3 Å². The molecule has 2 aliphatic heterocycles. The van der Waals surface area contributed by atoms with Crippen molar-refractivity contribution in [3.05, 3.63) is 52.6 Å². The van der Waals surface area contributed by atoms with Gasteiger partial charge in [-0.1, -0.05) is 12.1 Å². The lowest BCUT2D eigenvalue weighted by atomic mass is 9.95. The first-order valence-corrected chi connectivity index (χ1v) is 10.5. The number of likely N-dealkylation sites (tertiary alicyclic amines) is 1. The minimum Gasteiger partial charge on any atom is -0.454 e. The zero-order chi connectivity index (χ0) is 22.5. The lowest BCUT2D eigenvalue weighted by Gasteiger charge is -2.31. The van der Waals surface area contributed by atoms with Crippen molar-refractivity contribution in [1.82, 2.24) is 4.90 Å². The molecule has 0 aromatic heterocycles. The number of carbonyl (C=O) groups excluding carboxylic acids is 2. The molecule has 0 atom stereocenters. The predicted molar refractivity (Wildman–Crippen MR) is 117 cm³/mol. The van der Waals surface area contributed by atoms with E-state index in [1.165, 1.54) is 6.07 Å². The molecule has 0 unspecified atom stereocenters. The number of anilines is 2. The van der Waals surface area contributed by atoms with Crippen LogP contribution in [0.25, 0.3) is 0 Å². The molecule has 1 fully saturated rings. The SMILES string of the molecule is O=C(Nc1ccc2c(c1)OCO2)C1CCN(C(=O)CCNc2ccccc2[N+](=O)[O-])CC1. The van der Waals surface area contributed by atoms with Crippen LogP contribution in [0.3, 0.4) is 0 Å². The second-order valence-corrected chi connectivity index (χ2v) is 7.66. The minimum atomic E-state index is -0.455. The van der Waals surface area contributed by atoms with Crippen LogP contribution < -0.4 is 20.1 Å². The highest BCUT2D eigenvalue weighted by Gasteiger charge is 2.27. The number of nitrogens with zero attached hydrogens (tertiary/aromatic N) is 2. The van der Waals surface area contributed by atoms with Crippen molar-refractivity contribution in [3.63, 3.8) is 0 Å². The van der Waals surface area contributed by atoms with E-state index in [1.54, 1.807) is 41.3 Å². The van der Waals surface area contributed by atoms with Gasteiger partial charge in [0.25, 0.3) is 5.69 Å². The summed E-state index contributed by atoms with van der Waals surface area (Å²) in [7, 11) is 0. The highest BCUT2D eigenvalue weighted by Crippen LogP contribution is 2.34. The number of nitro groups is 1. The number of nitro benzene ring substituents is 1. The molecule has 2 aliphatic rings. The van der Waals surface area contributed by atoms with Gasteiger partial charge in [-0.15, -0.1) is 0 Å². The molecule has 0 radical (unpaired) electrons. The summed E-state index contributed by atoms with van der Waals surface area (Å²) in [6, 6.07) is 11.6. The minimum absolute atomic E-state index is 0.0192. The van der Waals surface area contributed by atoms with E-state index in [-0.39, 0.29) is 36.6 Å². The molecule has 10 nitrogen and oxygen atoms in total. The van der Waals surface area contributed by atoms with Gasteiger partial charge in [-0.05, 0) is 31.0 Å². The Hall–Kier alpha value is -3.82. The Labute approximate surface area is 184 Å². The van der Waals surface area contributed by atoms with E-state index in [0.29, 0.717) is 55.3 Å². The lowest BCUT2D eigenvalue weighted by Crippen LogP contribution is -2.41. The van der Waals surface area contributed by atoms with E-state index in [4.69, 9.17) is 9.47 Å². The summed E-state index contributed by atoms with van der Waals surface area (Å²) in [5.41, 5.74) is 1.03. The smallest absolute Gasteiger partial charge is 0.292 e. The number of fused-ring (bicyclic) bond motifs is 1. The van der Waals surface area contributed by atoms with E-state index in [9.17, 15) is 19.7 Å². The number of rotatable bonds is 7. The number of para-hydroxylation sites is 2. The van der Waals surface area contributed by atoms with Gasteiger partial charge in [0.2, 0.25) is 18.6 Å². The van der Waals surface area contributed by atoms with Crippen molar-refractivity contribution >= 4 is 28.9 Å². The lowest BCUT2D eigenvalue weighted by molar-refractivity contribution is -0.384. The summed E-state index contributed by atoms with van der Waals surface area (Å²) >= 11 is 0. The van der Waals surface area contributed by atoms with Crippen LogP contribution in [0.4, 0.5) is 17.1 Å². The average Bonchev–Trinajstić information content (AvgIpc) is 3.27. The molecule has 2 aromatic rings. The molecule has 32 heavy (non-hydrogen) atoms. The number of ether oxygens (including phenoxy) is 2. The second kappa shape index (κ2) is 9.54. The normalized spacial score (nSPS) is 15.3. The number of amides is 2. The summed E-state index contributed by atoms with van der Waals surface area (Å²) in [5, 5.41) is 16.9. The van der Waals surface area contributed by atoms with Gasteiger partial charge in [0.1, 0.15) is 5.69 Å². The van der Waals surface area contributed by atoms with E-state index in [0.717, 1.165) is 0 Å². The molecule has 0 spiro atoms. The van der Waals surface area contributed by atoms with Gasteiger partial charge >= 0.3 is 0 Å². The Morgan fingerprint density at radius 2 is 1.84 bits per heavy atom. The molecule has 0 bridgehead atoms. The summed E-state index contributed by atoms with van der Waals surface area (Å²) in [6.45, 7) is 1.48. The maximum Gasteiger partial charge on any atom is 0.292 e. The molecular weight excluding hydrogens is 416 g/mol. The van der Waals surface area contributed by atoms with Crippen molar-refractivity contribution < 1.29 is 24.0 Å². The first-order chi connectivity index (χ1) is 15.5. The largest absolute Gasteiger partial charge is 0.454 e. The fourth-order valence-corrected chi connectivity index (χ4v) is 3.85. The number of nitrogens with one attached hydrogen (secondary N) is 2. The van der Waals surface area contributed by atoms with Crippen molar-refractivity contribution in [2.75, 3.05) is 37.1 Å². The van der Waals surface area contributed by atoms with E-state index >= 15 is 0 Å². The topological polar surface area (TPSA) is 123 Å². The van der Waals surface area contributed by atoms with Crippen LogP contribution in [0.5, 0.6) is 11.5 Å². The molecule has 2 aromatic carbocycles. The van der Waals surface area contributed by atoms with Crippen LogP contribution >= 0.6 is 0 Å². The third-order valence-corrected chi connectivity index (χ3v) is 5.61. The fourth-order valence-electron chi connectivity index (χ4n) is 3.85. The Kier molecular flexibility index (Phi) is 6.39. The zero-order valence-electron chi connectivity index (χ0n) is 17.4. The second-order valence-electron chi connectivity index (χ2n) is 7.66. The van der Waals surface area contributed by atoms with Crippen LogP contribution in [0, 0.1) is 16.0 Å². The maximum absolute atomic E-state index is 12.6. The summed E-state index contributed by atoms with van der Waals surface area (Å²) in [6.07, 6.45) is 1.39. The van der Waals surface area contributed by atoms with E-state index in [2.05, 4.69) is 10.6 Å². The number of hydrogen-bond donors (Lipinski definition) is 2. The fraction of sp³-hybridized carbons (Fsp3) is 0.364. The summed E-state index contributed by atoms with van der Waals surface area (Å²) in [4.78, 5) is 37.5. The Morgan fingerprint density at radius 1 is 1.09 bits per heavy atom. The third-order valence-electron chi connectivity index (χ3n) is 5.61. The number of carbonyl (C=O) groups is 2. The average molecular weight is 440 g/mol. The van der Waals surface area contributed by atoms with Crippen molar-refractivity contribution in [3.8, 4) is 11.5 Å². The standard InChI is InChI=1S/C22H24N4O6/c27-21(7-10-23-17-3-1-2-4-18(17)26(29)30)25-11-8-15(9-12-25)22(28)24-16-5-6-19-20(13-16)32-14-31-19/h1-6,13,15,23H,7-12,14H2,(H,24,28). The molecule has 1 saturated heterocycles. The molecular formula is C22H24N4O6. The van der Waals surface area contributed by atoms with Crippen LogP contribution in [0.2, 0.25) is 0 Å². The highest BCUT2D eigenvalue weighted by molar-refractivity contribution is 5.93. The predicted octanol–water partition coefficient (Wildman–Crippen LogP) is 3.00. The zero-order valence-corrected chi connectivity index (χ0v) is 17.4. The van der Waals surface area contributed by atoms with Gasteiger partial charge in [-0.2, -0.15) is 0 Å². The van der Waals surface area contributed by atoms with Gasteiger partial charge in [0.05, 0.1) is 4.92 Å². The Bertz CT molecular complexity index is 1020. The summed E-state index contributed by atoms with van der Waals surface area (Å²) < 4.78 is 10.6. The van der Waals surface area contributed by atoms with Crippen molar-refractivity contribution in [1.29, 1.82) is 0 Å². The monoisotopic (exact) mass is 440 g/mol. The van der Waals surface area contributed by atoms with Crippen LogP contribution in [-0.4, -0.2) is 48.1 Å². The molecule has 2 heterocycles. The van der Waals surface area contributed by atoms with Gasteiger partial charge in [-0.25, -0.2) is 0 Å². The van der Waals surface area contributed by atoms with E-state index in [1.807, 2.05) is 0 Å². The van der Waals surface area contributed by atoms with Crippen molar-refractivity contribution in [2.24, 2.45) is 5.92 Å².